The highest BCUT2D eigenvalue weighted by Gasteiger charge is 2.09. The van der Waals surface area contributed by atoms with Crippen molar-refractivity contribution in [2.75, 3.05) is 0 Å². The van der Waals surface area contributed by atoms with Gasteiger partial charge in [0.25, 0.3) is 0 Å². The molecule has 98 valence electrons. The van der Waals surface area contributed by atoms with Gasteiger partial charge in [0.05, 0.1) is 0 Å². The molecule has 2 aromatic carbocycles. The summed E-state index contributed by atoms with van der Waals surface area (Å²) in [7, 11) is 0. The van der Waals surface area contributed by atoms with Crippen LogP contribution >= 0.6 is 0 Å². The highest BCUT2D eigenvalue weighted by Crippen LogP contribution is 2.24. The van der Waals surface area contributed by atoms with Crippen LogP contribution in [0.5, 0.6) is 0 Å². The fourth-order valence-corrected chi connectivity index (χ4v) is 1.92. The molecule has 0 aliphatic rings. The van der Waals surface area contributed by atoms with Crippen molar-refractivity contribution in [1.82, 2.24) is 4.98 Å². The van der Waals surface area contributed by atoms with E-state index in [0.717, 1.165) is 16.8 Å². The van der Waals surface area contributed by atoms with Crippen molar-refractivity contribution in [3.63, 3.8) is 0 Å². The molecule has 0 unspecified atom stereocenters. The van der Waals surface area contributed by atoms with Crippen LogP contribution in [0.1, 0.15) is 10.4 Å². The molecule has 2 N–H and O–H groups in total. The summed E-state index contributed by atoms with van der Waals surface area (Å²) in [5, 5.41) is 0. The predicted molar refractivity (Wildman–Crippen MR) is 75.9 cm³/mol. The Morgan fingerprint density at radius 3 is 2.30 bits per heavy atom. The lowest BCUT2D eigenvalue weighted by Crippen LogP contribution is -2.10. The fraction of sp³-hybridized carbons (Fsp3) is 0. The Balaban J connectivity index is 1.92. The van der Waals surface area contributed by atoms with Gasteiger partial charge in [-0.2, -0.15) is 0 Å². The van der Waals surface area contributed by atoms with Crippen molar-refractivity contribution in [2.24, 2.45) is 5.73 Å². The van der Waals surface area contributed by atoms with Crippen LogP contribution in [-0.4, -0.2) is 10.9 Å². The zero-order chi connectivity index (χ0) is 13.9. The normalized spacial score (nSPS) is 10.4. The van der Waals surface area contributed by atoms with Gasteiger partial charge in [-0.1, -0.05) is 30.3 Å². The minimum absolute atomic E-state index is 0.450. The highest BCUT2D eigenvalue weighted by atomic mass is 16.3. The molecule has 0 fully saturated rings. The van der Waals surface area contributed by atoms with Crippen molar-refractivity contribution >= 4 is 5.91 Å². The number of amides is 1. The maximum absolute atomic E-state index is 11.0. The average molecular weight is 264 g/mol. The van der Waals surface area contributed by atoms with E-state index in [1.54, 1.807) is 30.5 Å². The molecule has 0 spiro atoms. The SMILES string of the molecule is NC(=O)c1ccc(-c2nc(-c3ccccc3)co2)cc1. The lowest BCUT2D eigenvalue weighted by Gasteiger charge is -1.97. The average Bonchev–Trinajstić information content (AvgIpc) is 2.98. The number of nitrogens with zero attached hydrogens (tertiary/aromatic N) is 1. The molecule has 0 aliphatic heterocycles. The van der Waals surface area contributed by atoms with Gasteiger partial charge in [-0.25, -0.2) is 4.98 Å². The van der Waals surface area contributed by atoms with E-state index in [1.807, 2.05) is 30.3 Å². The molecule has 1 amide bonds. The Kier molecular flexibility index (Phi) is 3.05. The van der Waals surface area contributed by atoms with Crippen molar-refractivity contribution in [1.29, 1.82) is 0 Å². The Hall–Kier alpha value is -2.88. The van der Waals surface area contributed by atoms with Crippen LogP contribution in [0.15, 0.2) is 65.3 Å². The van der Waals surface area contributed by atoms with Gasteiger partial charge in [0.2, 0.25) is 11.8 Å². The maximum atomic E-state index is 11.0. The van der Waals surface area contributed by atoms with Crippen molar-refractivity contribution in [3.8, 4) is 22.7 Å². The number of hydrogen-bond acceptors (Lipinski definition) is 3. The van der Waals surface area contributed by atoms with Crippen molar-refractivity contribution in [3.05, 3.63) is 66.4 Å². The molecule has 3 aromatic rings. The van der Waals surface area contributed by atoms with E-state index in [4.69, 9.17) is 10.2 Å². The molecule has 0 bridgehead atoms. The van der Waals surface area contributed by atoms with E-state index in [9.17, 15) is 4.79 Å². The lowest BCUT2D eigenvalue weighted by molar-refractivity contribution is 0.100. The highest BCUT2D eigenvalue weighted by molar-refractivity contribution is 5.93. The Morgan fingerprint density at radius 1 is 0.950 bits per heavy atom. The Morgan fingerprint density at radius 2 is 1.65 bits per heavy atom. The summed E-state index contributed by atoms with van der Waals surface area (Å²) in [6.45, 7) is 0. The van der Waals surface area contributed by atoms with E-state index >= 15 is 0 Å². The molecule has 4 nitrogen and oxygen atoms in total. The summed E-state index contributed by atoms with van der Waals surface area (Å²) >= 11 is 0. The van der Waals surface area contributed by atoms with Gasteiger partial charge >= 0.3 is 0 Å². The largest absolute Gasteiger partial charge is 0.444 e. The first-order valence-electron chi connectivity index (χ1n) is 6.15. The number of benzene rings is 2. The topological polar surface area (TPSA) is 69.1 Å². The minimum Gasteiger partial charge on any atom is -0.444 e. The number of hydrogen-bond donors (Lipinski definition) is 1. The van der Waals surface area contributed by atoms with Gasteiger partial charge in [-0.15, -0.1) is 0 Å². The van der Waals surface area contributed by atoms with Gasteiger partial charge in [0.15, 0.2) is 0 Å². The predicted octanol–water partition coefficient (Wildman–Crippen LogP) is 3.11. The molecule has 0 atom stereocenters. The fourth-order valence-electron chi connectivity index (χ4n) is 1.92. The van der Waals surface area contributed by atoms with Gasteiger partial charge in [-0.05, 0) is 24.3 Å². The van der Waals surface area contributed by atoms with E-state index in [2.05, 4.69) is 4.98 Å². The van der Waals surface area contributed by atoms with Gasteiger partial charge in [0, 0.05) is 16.7 Å². The van der Waals surface area contributed by atoms with Gasteiger partial charge in [0.1, 0.15) is 12.0 Å². The molecular formula is C16H12N2O2. The maximum Gasteiger partial charge on any atom is 0.248 e. The second-order valence-corrected chi connectivity index (χ2v) is 4.35. The molecule has 1 aromatic heterocycles. The number of carbonyl (C=O) groups is 1. The molecule has 1 heterocycles. The van der Waals surface area contributed by atoms with Crippen LogP contribution in [-0.2, 0) is 0 Å². The molecule has 4 heteroatoms. The third kappa shape index (κ3) is 2.31. The van der Waals surface area contributed by atoms with Crippen LogP contribution < -0.4 is 5.73 Å². The van der Waals surface area contributed by atoms with Gasteiger partial charge < -0.3 is 10.2 Å². The number of primary amides is 1. The third-order valence-corrected chi connectivity index (χ3v) is 2.99. The van der Waals surface area contributed by atoms with Crippen molar-refractivity contribution < 1.29 is 9.21 Å². The molecule has 0 radical (unpaired) electrons. The van der Waals surface area contributed by atoms with Crippen LogP contribution in [0.3, 0.4) is 0 Å². The second kappa shape index (κ2) is 5.01. The molecular weight excluding hydrogens is 252 g/mol. The first kappa shape index (κ1) is 12.2. The van der Waals surface area contributed by atoms with E-state index < -0.39 is 5.91 Å². The molecule has 0 saturated heterocycles. The van der Waals surface area contributed by atoms with Crippen LogP contribution in [0.25, 0.3) is 22.7 Å². The summed E-state index contributed by atoms with van der Waals surface area (Å²) < 4.78 is 5.48. The third-order valence-electron chi connectivity index (χ3n) is 2.99. The molecule has 20 heavy (non-hydrogen) atoms. The van der Waals surface area contributed by atoms with E-state index in [1.165, 1.54) is 0 Å². The number of aromatic nitrogens is 1. The summed E-state index contributed by atoms with van der Waals surface area (Å²) in [5.74, 6) is 0.0637. The zero-order valence-electron chi connectivity index (χ0n) is 10.6. The number of carbonyl (C=O) groups excluding carboxylic acids is 1. The van der Waals surface area contributed by atoms with Gasteiger partial charge in [-0.3, -0.25) is 4.79 Å². The number of nitrogens with two attached hydrogens (primary N) is 1. The molecule has 0 aliphatic carbocycles. The number of oxazole rings is 1. The Labute approximate surface area is 115 Å². The zero-order valence-corrected chi connectivity index (χ0v) is 10.6. The summed E-state index contributed by atoms with van der Waals surface area (Å²) in [5.41, 5.74) is 8.24. The monoisotopic (exact) mass is 264 g/mol. The molecule has 3 rings (SSSR count). The standard InChI is InChI=1S/C16H12N2O2/c17-15(19)12-6-8-13(9-7-12)16-18-14(10-20-16)11-4-2-1-3-5-11/h1-10H,(H2,17,19). The van der Waals surface area contributed by atoms with Crippen LogP contribution in [0.2, 0.25) is 0 Å². The lowest BCUT2D eigenvalue weighted by atomic mass is 10.1. The van der Waals surface area contributed by atoms with E-state index in [-0.39, 0.29) is 0 Å². The first-order valence-corrected chi connectivity index (χ1v) is 6.15. The van der Waals surface area contributed by atoms with Crippen molar-refractivity contribution in [2.45, 2.75) is 0 Å². The number of rotatable bonds is 3. The Bertz CT molecular complexity index is 731. The second-order valence-electron chi connectivity index (χ2n) is 4.35. The summed E-state index contributed by atoms with van der Waals surface area (Å²) in [6, 6.07) is 16.6. The molecule has 0 saturated carbocycles. The van der Waals surface area contributed by atoms with Crippen LogP contribution in [0, 0.1) is 0 Å². The van der Waals surface area contributed by atoms with Crippen LogP contribution in [0.4, 0.5) is 0 Å². The quantitative estimate of drug-likeness (QED) is 0.790. The van der Waals surface area contributed by atoms with E-state index in [0.29, 0.717) is 11.5 Å². The summed E-state index contributed by atoms with van der Waals surface area (Å²) in [6.07, 6.45) is 1.62. The summed E-state index contributed by atoms with van der Waals surface area (Å²) in [4.78, 5) is 15.5. The minimum atomic E-state index is -0.450. The smallest absolute Gasteiger partial charge is 0.248 e. The first-order chi connectivity index (χ1) is 9.74.